The van der Waals surface area contributed by atoms with Gasteiger partial charge in [0.2, 0.25) is 5.89 Å². The molecule has 0 radical (unpaired) electrons. The Morgan fingerprint density at radius 1 is 1.53 bits per heavy atom. The van der Waals surface area contributed by atoms with Crippen LogP contribution in [-0.2, 0) is 5.75 Å². The maximum absolute atomic E-state index is 8.90. The van der Waals surface area contributed by atoms with E-state index in [0.29, 0.717) is 23.5 Å². The van der Waals surface area contributed by atoms with Crippen molar-refractivity contribution >= 4 is 23.1 Å². The van der Waals surface area contributed by atoms with Crippen molar-refractivity contribution in [3.05, 3.63) is 23.4 Å². The number of rotatable bonds is 6. The van der Waals surface area contributed by atoms with E-state index < -0.39 is 0 Å². The minimum Gasteiger partial charge on any atom is -0.419 e. The molecule has 2 aromatic heterocycles. The summed E-state index contributed by atoms with van der Waals surface area (Å²) in [6.07, 6.45) is 0. The fourth-order valence-corrected chi connectivity index (χ4v) is 2.77. The third-order valence-corrected chi connectivity index (χ3v) is 4.25. The van der Waals surface area contributed by atoms with Crippen LogP contribution in [0.3, 0.4) is 0 Å². The van der Waals surface area contributed by atoms with Gasteiger partial charge in [-0.05, 0) is 23.1 Å². The minimum atomic E-state index is 0.220. The van der Waals surface area contributed by atoms with E-state index in [-0.39, 0.29) is 6.61 Å². The van der Waals surface area contributed by atoms with Gasteiger partial charge in [-0.1, -0.05) is 13.0 Å². The molecule has 1 unspecified atom stereocenters. The maximum atomic E-state index is 8.90. The zero-order chi connectivity index (χ0) is 12.1. The molecule has 2 heterocycles. The summed E-state index contributed by atoms with van der Waals surface area (Å²) >= 11 is 3.28. The second kappa shape index (κ2) is 6.18. The van der Waals surface area contributed by atoms with E-state index >= 15 is 0 Å². The third kappa shape index (κ3) is 3.55. The monoisotopic (exact) mass is 270 g/mol. The second-order valence-electron chi connectivity index (χ2n) is 3.78. The Kier molecular flexibility index (Phi) is 4.58. The van der Waals surface area contributed by atoms with Crippen molar-refractivity contribution in [3.8, 4) is 10.8 Å². The first-order valence-corrected chi connectivity index (χ1v) is 7.38. The molecule has 0 fully saturated rings. The highest BCUT2D eigenvalue weighted by atomic mass is 32.2. The quantitative estimate of drug-likeness (QED) is 0.874. The van der Waals surface area contributed by atoms with E-state index in [1.54, 1.807) is 23.1 Å². The summed E-state index contributed by atoms with van der Waals surface area (Å²) in [5.74, 6) is 3.13. The van der Waals surface area contributed by atoms with Crippen molar-refractivity contribution in [2.75, 3.05) is 12.4 Å². The molecule has 2 aromatic rings. The molecule has 17 heavy (non-hydrogen) atoms. The Bertz CT molecular complexity index is 442. The fraction of sp³-hybridized carbons (Fsp3) is 0.455. The lowest BCUT2D eigenvalue weighted by molar-refractivity contribution is 0.250. The average molecular weight is 270 g/mol. The zero-order valence-corrected chi connectivity index (χ0v) is 11.1. The molecule has 0 aliphatic heterocycles. The molecule has 0 saturated carbocycles. The Hall–Kier alpha value is -0.850. The van der Waals surface area contributed by atoms with Crippen LogP contribution in [0, 0.1) is 5.92 Å². The van der Waals surface area contributed by atoms with E-state index in [0.717, 1.165) is 10.6 Å². The Morgan fingerprint density at radius 2 is 2.41 bits per heavy atom. The summed E-state index contributed by atoms with van der Waals surface area (Å²) in [6, 6.07) is 3.92. The highest BCUT2D eigenvalue weighted by molar-refractivity contribution is 7.98. The average Bonchev–Trinajstić information content (AvgIpc) is 2.98. The first-order valence-electron chi connectivity index (χ1n) is 5.34. The van der Waals surface area contributed by atoms with Gasteiger partial charge in [0, 0.05) is 6.61 Å². The molecule has 0 saturated heterocycles. The van der Waals surface area contributed by atoms with Gasteiger partial charge in [0.25, 0.3) is 5.89 Å². The van der Waals surface area contributed by atoms with Crippen LogP contribution in [0.25, 0.3) is 10.8 Å². The standard InChI is InChI=1S/C11H14N2O2S2/c1-8(5-14)6-16-7-10-12-13-11(15-10)9-3-2-4-17-9/h2-4,8,14H,5-7H2,1H3. The number of hydrogen-bond acceptors (Lipinski definition) is 6. The van der Waals surface area contributed by atoms with Crippen LogP contribution in [0.2, 0.25) is 0 Å². The largest absolute Gasteiger partial charge is 0.419 e. The van der Waals surface area contributed by atoms with Crippen molar-refractivity contribution in [1.82, 2.24) is 10.2 Å². The first-order chi connectivity index (χ1) is 8.29. The molecule has 0 aromatic carbocycles. The van der Waals surface area contributed by atoms with Crippen molar-refractivity contribution in [3.63, 3.8) is 0 Å². The predicted molar refractivity (Wildman–Crippen MR) is 70.0 cm³/mol. The van der Waals surface area contributed by atoms with E-state index in [9.17, 15) is 0 Å². The molecule has 1 atom stereocenters. The number of nitrogens with zero attached hydrogens (tertiary/aromatic N) is 2. The van der Waals surface area contributed by atoms with Crippen molar-refractivity contribution in [2.45, 2.75) is 12.7 Å². The Morgan fingerprint density at radius 3 is 3.12 bits per heavy atom. The number of thioether (sulfide) groups is 1. The lowest BCUT2D eigenvalue weighted by Gasteiger charge is -2.04. The van der Waals surface area contributed by atoms with Crippen LogP contribution in [0.4, 0.5) is 0 Å². The van der Waals surface area contributed by atoms with Crippen LogP contribution in [-0.4, -0.2) is 27.7 Å². The first kappa shape index (κ1) is 12.6. The van der Waals surface area contributed by atoms with Gasteiger partial charge in [-0.3, -0.25) is 0 Å². The smallest absolute Gasteiger partial charge is 0.257 e. The van der Waals surface area contributed by atoms with E-state index in [2.05, 4.69) is 10.2 Å². The van der Waals surface area contributed by atoms with Crippen molar-refractivity contribution < 1.29 is 9.52 Å². The van der Waals surface area contributed by atoms with Gasteiger partial charge in [-0.15, -0.1) is 21.5 Å². The van der Waals surface area contributed by atoms with Crippen LogP contribution in [0.1, 0.15) is 12.8 Å². The topological polar surface area (TPSA) is 59.2 Å². The van der Waals surface area contributed by atoms with Crippen LogP contribution < -0.4 is 0 Å². The molecule has 0 spiro atoms. The minimum absolute atomic E-state index is 0.220. The predicted octanol–water partition coefficient (Wildman–Crippen LogP) is 2.66. The molecule has 0 aliphatic rings. The zero-order valence-electron chi connectivity index (χ0n) is 9.50. The summed E-state index contributed by atoms with van der Waals surface area (Å²) in [7, 11) is 0. The van der Waals surface area contributed by atoms with Crippen molar-refractivity contribution in [1.29, 1.82) is 0 Å². The number of aliphatic hydroxyl groups excluding tert-OH is 1. The lowest BCUT2D eigenvalue weighted by Crippen LogP contribution is -2.03. The molecular weight excluding hydrogens is 256 g/mol. The Balaban J connectivity index is 1.87. The summed E-state index contributed by atoms with van der Waals surface area (Å²) in [5.41, 5.74) is 0. The van der Waals surface area contributed by atoms with Crippen LogP contribution >= 0.6 is 23.1 Å². The van der Waals surface area contributed by atoms with Gasteiger partial charge in [0.1, 0.15) is 0 Å². The summed E-state index contributed by atoms with van der Waals surface area (Å²) < 4.78 is 5.55. The maximum Gasteiger partial charge on any atom is 0.257 e. The van der Waals surface area contributed by atoms with Gasteiger partial charge in [0.15, 0.2) is 0 Å². The number of aliphatic hydroxyl groups is 1. The highest BCUT2D eigenvalue weighted by Gasteiger charge is 2.09. The van der Waals surface area contributed by atoms with E-state index in [1.165, 1.54) is 0 Å². The van der Waals surface area contributed by atoms with Gasteiger partial charge >= 0.3 is 0 Å². The van der Waals surface area contributed by atoms with Crippen LogP contribution in [0.15, 0.2) is 21.9 Å². The summed E-state index contributed by atoms with van der Waals surface area (Å²) in [5, 5.41) is 18.9. The summed E-state index contributed by atoms with van der Waals surface area (Å²) in [4.78, 5) is 0.998. The van der Waals surface area contributed by atoms with E-state index in [1.807, 2.05) is 24.4 Å². The highest BCUT2D eigenvalue weighted by Crippen LogP contribution is 2.24. The molecule has 0 amide bonds. The molecule has 0 aliphatic carbocycles. The SMILES string of the molecule is CC(CO)CSCc1nnc(-c2cccs2)o1. The number of aromatic nitrogens is 2. The van der Waals surface area contributed by atoms with Crippen LogP contribution in [0.5, 0.6) is 0 Å². The molecule has 2 rings (SSSR count). The fourth-order valence-electron chi connectivity index (χ4n) is 1.21. The van der Waals surface area contributed by atoms with E-state index in [4.69, 9.17) is 9.52 Å². The molecule has 1 N–H and O–H groups in total. The third-order valence-electron chi connectivity index (χ3n) is 2.14. The van der Waals surface area contributed by atoms with Gasteiger partial charge in [0.05, 0.1) is 10.6 Å². The molecule has 4 nitrogen and oxygen atoms in total. The molecule has 0 bridgehead atoms. The van der Waals surface area contributed by atoms with Gasteiger partial charge in [-0.2, -0.15) is 11.8 Å². The van der Waals surface area contributed by atoms with Gasteiger partial charge < -0.3 is 9.52 Å². The molecule has 6 heteroatoms. The number of hydrogen-bond donors (Lipinski definition) is 1. The molecule has 92 valence electrons. The lowest BCUT2D eigenvalue weighted by atomic mass is 10.2. The molecular formula is C11H14N2O2S2. The van der Waals surface area contributed by atoms with Crippen molar-refractivity contribution in [2.24, 2.45) is 5.92 Å². The summed E-state index contributed by atoms with van der Waals surface area (Å²) in [6.45, 7) is 2.23. The normalized spacial score (nSPS) is 12.8. The number of thiophene rings is 1. The second-order valence-corrected chi connectivity index (χ2v) is 5.76. The van der Waals surface area contributed by atoms with Gasteiger partial charge in [-0.25, -0.2) is 0 Å². The Labute approximate surface area is 108 Å².